The second kappa shape index (κ2) is 3.34. The van der Waals surface area contributed by atoms with Crippen molar-refractivity contribution in [3.8, 4) is 0 Å². The van der Waals surface area contributed by atoms with Crippen LogP contribution >= 0.6 is 0 Å². The fourth-order valence-corrected chi connectivity index (χ4v) is 0. The van der Waals surface area contributed by atoms with Gasteiger partial charge >= 0.3 is 33.2 Å². The average molecular weight is 215 g/mol. The third-order valence-corrected chi connectivity index (χ3v) is 0. The van der Waals surface area contributed by atoms with Gasteiger partial charge in [0.25, 0.3) is 0 Å². The molecule has 0 saturated heterocycles. The van der Waals surface area contributed by atoms with E-state index in [1.807, 2.05) is 0 Å². The third kappa shape index (κ3) is 57.1. The summed E-state index contributed by atoms with van der Waals surface area (Å²) < 4.78 is 39.6. The van der Waals surface area contributed by atoms with Crippen LogP contribution in [0.3, 0.4) is 0 Å². The molecule has 0 aromatic heterocycles. The molecule has 0 aliphatic heterocycles. The number of hydrogen-bond acceptors (Lipinski definition) is 0. The maximum Gasteiger partial charge on any atom is 0 e. The summed E-state index contributed by atoms with van der Waals surface area (Å²) in [5, 5.41) is 0. The van der Waals surface area contributed by atoms with Crippen molar-refractivity contribution in [2.45, 2.75) is 0 Å². The summed E-state index contributed by atoms with van der Waals surface area (Å²) in [5.41, 5.74) is 0. The zero-order valence-corrected chi connectivity index (χ0v) is 6.53. The van der Waals surface area contributed by atoms with Crippen LogP contribution in [-0.2, 0) is 44.4 Å². The molecule has 0 aromatic carbocycles. The Morgan fingerprint density at radius 2 is 0.833 bits per heavy atom. The fraction of sp³-hybridized carbons (Fsp3) is 0. The van der Waals surface area contributed by atoms with Gasteiger partial charge in [0.2, 0.25) is 0 Å². The fourth-order valence-electron chi connectivity index (χ4n) is 0. The van der Waals surface area contributed by atoms with Gasteiger partial charge in [-0.2, -0.15) is 0 Å². The molecule has 0 unspecified atom stereocenters. The van der Waals surface area contributed by atoms with E-state index in [2.05, 4.69) is 0 Å². The second-order valence-corrected chi connectivity index (χ2v) is 2.54. The van der Waals surface area contributed by atoms with E-state index in [1.165, 1.54) is 0 Å². The Morgan fingerprint density at radius 3 is 0.833 bits per heavy atom. The molecule has 0 aromatic rings. The zero-order chi connectivity index (χ0) is 4.50. The summed E-state index contributed by atoms with van der Waals surface area (Å²) in [6.45, 7) is 0. The smallest absolute Gasteiger partial charge is 0 e. The Hall–Kier alpha value is 1.32. The van der Waals surface area contributed by atoms with Crippen LogP contribution in [0.2, 0.25) is 0 Å². The summed E-state index contributed by atoms with van der Waals surface area (Å²) in [6, 6.07) is 0. The molecule has 6 heteroatoms. The predicted octanol–water partition coefficient (Wildman–Crippen LogP) is 1.68. The van der Waals surface area contributed by atoms with Crippen molar-refractivity contribution in [2.75, 3.05) is 0 Å². The first kappa shape index (κ1) is 10.3. The Bertz CT molecular complexity index is 23.0. The van der Waals surface area contributed by atoms with Crippen LogP contribution in [0.1, 0.15) is 0 Å². The van der Waals surface area contributed by atoms with E-state index in [0.29, 0.717) is 0 Å². The van der Waals surface area contributed by atoms with Gasteiger partial charge in [-0.3, -0.25) is 0 Å². The number of hydrogen-bond donors (Lipinski definition) is 0. The topological polar surface area (TPSA) is 0 Å². The van der Waals surface area contributed by atoms with Crippen molar-refractivity contribution < 1.29 is 54.9 Å². The van der Waals surface area contributed by atoms with Gasteiger partial charge in [0.05, 0.1) is 0 Å². The van der Waals surface area contributed by atoms with Crippen molar-refractivity contribution in [3.63, 3.8) is 0 Å². The molecule has 0 atom stereocenters. The molecule has 0 amide bonds. The molecular formula is F4TiZr. The molecule has 0 radical (unpaired) electrons. The Morgan fingerprint density at radius 1 is 0.833 bits per heavy atom. The van der Waals surface area contributed by atoms with Crippen LogP contribution in [-0.4, -0.2) is 0 Å². The van der Waals surface area contributed by atoms with E-state index in [9.17, 15) is 10.5 Å². The first-order valence-electron chi connectivity index (χ1n) is 0.756. The predicted molar refractivity (Wildman–Crippen MR) is 4.43 cm³/mol. The quantitative estimate of drug-likeness (QED) is 0.426. The van der Waals surface area contributed by atoms with Gasteiger partial charge in [-0.15, -0.1) is 0 Å². The third-order valence-electron chi connectivity index (χ3n) is 0. The van der Waals surface area contributed by atoms with Crippen molar-refractivity contribution >= 4 is 0 Å². The van der Waals surface area contributed by atoms with E-state index in [1.54, 1.807) is 0 Å². The number of halogens is 4. The zero-order valence-electron chi connectivity index (χ0n) is 2.51. The van der Waals surface area contributed by atoms with Crippen LogP contribution in [0.15, 0.2) is 0 Å². The van der Waals surface area contributed by atoms with E-state index in [0.717, 1.165) is 0 Å². The molecule has 0 heterocycles. The minimum atomic E-state index is -7.18. The second-order valence-electron chi connectivity index (χ2n) is 0.429. The summed E-state index contributed by atoms with van der Waals surface area (Å²) in [6.07, 6.45) is 0. The first-order valence-corrected chi connectivity index (χ1v) is 4.47. The molecule has 0 spiro atoms. The maximum absolute atomic E-state index is 9.90. The Balaban J connectivity index is 0. The molecule has 0 rings (SSSR count). The molecule has 0 fully saturated rings. The van der Waals surface area contributed by atoms with Crippen molar-refractivity contribution in [1.29, 1.82) is 0 Å². The van der Waals surface area contributed by atoms with Gasteiger partial charge in [-0.05, 0) is 0 Å². The van der Waals surface area contributed by atoms with Gasteiger partial charge < -0.3 is 0 Å². The molecule has 0 saturated carbocycles. The molecule has 36 valence electrons. The van der Waals surface area contributed by atoms with Crippen LogP contribution in [0.5, 0.6) is 0 Å². The van der Waals surface area contributed by atoms with E-state index < -0.39 is 22.7 Å². The normalized spacial score (nSPS) is 10.0. The Labute approximate surface area is 54.7 Å². The molecule has 0 bridgehead atoms. The average Bonchev–Trinajstić information content (AvgIpc) is 0.722. The summed E-state index contributed by atoms with van der Waals surface area (Å²) in [7, 11) is 0. The Kier molecular flexibility index (Phi) is 5.74. The molecule has 6 heavy (non-hydrogen) atoms. The van der Waals surface area contributed by atoms with Gasteiger partial charge in [-0.1, -0.05) is 0 Å². The van der Waals surface area contributed by atoms with Crippen LogP contribution in [0, 0.1) is 0 Å². The number of rotatable bonds is 0. The van der Waals surface area contributed by atoms with Gasteiger partial charge in [0.1, 0.15) is 0 Å². The molecule has 0 aliphatic rings. The maximum atomic E-state index is 9.90. The van der Waals surface area contributed by atoms with Crippen LogP contribution in [0.4, 0.5) is 10.5 Å². The van der Waals surface area contributed by atoms with Gasteiger partial charge in [0, 0.05) is 21.7 Å². The van der Waals surface area contributed by atoms with E-state index in [-0.39, 0.29) is 21.7 Å². The molecule has 0 N–H and O–H groups in total. The minimum absolute atomic E-state index is 0. The minimum Gasteiger partial charge on any atom is 0 e. The van der Waals surface area contributed by atoms with Crippen molar-refractivity contribution in [2.24, 2.45) is 0 Å². The monoisotopic (exact) mass is 214 g/mol. The van der Waals surface area contributed by atoms with Crippen LogP contribution < -0.4 is 0 Å². The van der Waals surface area contributed by atoms with Gasteiger partial charge in [0.15, 0.2) is 0 Å². The van der Waals surface area contributed by atoms with Gasteiger partial charge in [-0.25, -0.2) is 0 Å². The van der Waals surface area contributed by atoms with Crippen molar-refractivity contribution in [3.05, 3.63) is 0 Å². The van der Waals surface area contributed by atoms with E-state index >= 15 is 0 Å². The largest absolute Gasteiger partial charge is 0 e. The summed E-state index contributed by atoms with van der Waals surface area (Å²) >= 11 is -7.18. The molecular weight excluding hydrogens is 215 g/mol. The van der Waals surface area contributed by atoms with Crippen molar-refractivity contribution in [1.82, 2.24) is 0 Å². The van der Waals surface area contributed by atoms with E-state index in [4.69, 9.17) is 0 Å². The molecule has 0 aliphatic carbocycles. The molecule has 0 nitrogen and oxygen atoms in total. The summed E-state index contributed by atoms with van der Waals surface area (Å²) in [4.78, 5) is 0. The standard InChI is InChI=1S/4FH.Ti.Zr/h4*1H;;/q;;;;;+4/p-4. The summed E-state index contributed by atoms with van der Waals surface area (Å²) in [5.74, 6) is 0. The van der Waals surface area contributed by atoms with Crippen LogP contribution in [0.25, 0.3) is 0 Å². The first-order chi connectivity index (χ1) is 2.00. The SMILES string of the molecule is [F][Zr]([F])([F])[F].[Ti].